The van der Waals surface area contributed by atoms with Crippen molar-refractivity contribution in [3.05, 3.63) is 55.5 Å². The first-order valence-electron chi connectivity index (χ1n) is 5.99. The predicted octanol–water partition coefficient (Wildman–Crippen LogP) is 5.12. The average Bonchev–Trinajstić information content (AvgIpc) is 2.38. The molecule has 102 valence electrons. The molecule has 0 saturated carbocycles. The monoisotopic (exact) mass is 394 g/mol. The molecule has 2 aromatic rings. The van der Waals surface area contributed by atoms with Crippen LogP contribution in [0.25, 0.3) is 11.1 Å². The highest BCUT2D eigenvalue weighted by atomic mass is 79.9. The van der Waals surface area contributed by atoms with E-state index < -0.39 is 0 Å². The molecule has 0 heterocycles. The van der Waals surface area contributed by atoms with Gasteiger partial charge in [-0.3, -0.25) is 9.59 Å². The van der Waals surface area contributed by atoms with Crippen LogP contribution < -0.4 is 0 Å². The molecule has 0 aliphatic rings. The van der Waals surface area contributed by atoms with Gasteiger partial charge in [0.25, 0.3) is 0 Å². The zero-order valence-electron chi connectivity index (χ0n) is 11.0. The van der Waals surface area contributed by atoms with Crippen LogP contribution in [0.15, 0.2) is 33.2 Å². The first-order valence-corrected chi connectivity index (χ1v) is 7.57. The Morgan fingerprint density at radius 3 is 1.40 bits per heavy atom. The molecule has 0 bridgehead atoms. The fourth-order valence-corrected chi connectivity index (χ4v) is 3.59. The number of rotatable bonds is 3. The van der Waals surface area contributed by atoms with Crippen molar-refractivity contribution in [2.45, 2.75) is 13.8 Å². The molecule has 0 aromatic heterocycles. The minimum Gasteiger partial charge on any atom is -0.298 e. The summed E-state index contributed by atoms with van der Waals surface area (Å²) >= 11 is 6.78. The summed E-state index contributed by atoms with van der Waals surface area (Å²) in [6.45, 7) is 3.87. The summed E-state index contributed by atoms with van der Waals surface area (Å²) in [5, 5.41) is 0. The lowest BCUT2D eigenvalue weighted by atomic mass is 9.89. The number of aldehydes is 2. The molecule has 0 unspecified atom stereocenters. The van der Waals surface area contributed by atoms with Gasteiger partial charge in [0.05, 0.1) is 0 Å². The third-order valence-electron chi connectivity index (χ3n) is 3.17. The Balaban J connectivity index is 2.88. The number of benzene rings is 2. The summed E-state index contributed by atoms with van der Waals surface area (Å²) in [5.74, 6) is 0. The van der Waals surface area contributed by atoms with Gasteiger partial charge in [0.15, 0.2) is 12.6 Å². The second-order valence-corrected chi connectivity index (χ2v) is 6.44. The summed E-state index contributed by atoms with van der Waals surface area (Å²) in [5.41, 5.74) is 4.69. The fraction of sp³-hybridized carbons (Fsp3) is 0.125. The van der Waals surface area contributed by atoms with Gasteiger partial charge in [0.1, 0.15) is 0 Å². The van der Waals surface area contributed by atoms with E-state index in [4.69, 9.17) is 0 Å². The normalized spacial score (nSPS) is 10.4. The van der Waals surface area contributed by atoms with Gasteiger partial charge < -0.3 is 0 Å². The maximum Gasteiger partial charge on any atom is 0.150 e. The summed E-state index contributed by atoms with van der Waals surface area (Å²) in [4.78, 5) is 22.7. The van der Waals surface area contributed by atoms with Gasteiger partial charge in [-0.2, -0.15) is 0 Å². The molecule has 0 fully saturated rings. The van der Waals surface area contributed by atoms with E-state index in [-0.39, 0.29) is 0 Å². The van der Waals surface area contributed by atoms with Crippen LogP contribution in [0.5, 0.6) is 0 Å². The Morgan fingerprint density at radius 2 is 1.10 bits per heavy atom. The second kappa shape index (κ2) is 6.02. The van der Waals surface area contributed by atoms with Crippen molar-refractivity contribution in [2.75, 3.05) is 0 Å². The summed E-state index contributed by atoms with van der Waals surface area (Å²) in [7, 11) is 0. The van der Waals surface area contributed by atoms with E-state index in [9.17, 15) is 9.59 Å². The first-order chi connectivity index (χ1) is 9.47. The number of hydrogen-bond acceptors (Lipinski definition) is 2. The van der Waals surface area contributed by atoms with Crippen LogP contribution in [0.3, 0.4) is 0 Å². The van der Waals surface area contributed by atoms with Crippen molar-refractivity contribution in [3.63, 3.8) is 0 Å². The minimum atomic E-state index is 0.574. The summed E-state index contributed by atoms with van der Waals surface area (Å²) in [6, 6.07) is 7.42. The molecule has 0 aliphatic heterocycles. The van der Waals surface area contributed by atoms with Crippen molar-refractivity contribution < 1.29 is 9.59 Å². The zero-order chi connectivity index (χ0) is 14.9. The third kappa shape index (κ3) is 2.76. The molecule has 0 N–H and O–H groups in total. The van der Waals surface area contributed by atoms with E-state index in [0.717, 1.165) is 43.8 Å². The fourth-order valence-electron chi connectivity index (χ4n) is 2.41. The van der Waals surface area contributed by atoms with Gasteiger partial charge in [-0.1, -0.05) is 31.9 Å². The molecule has 4 heteroatoms. The number of aryl methyl sites for hydroxylation is 2. The van der Waals surface area contributed by atoms with Crippen LogP contribution >= 0.6 is 31.9 Å². The Morgan fingerprint density at radius 1 is 0.750 bits per heavy atom. The zero-order valence-corrected chi connectivity index (χ0v) is 14.2. The van der Waals surface area contributed by atoms with Crippen molar-refractivity contribution in [1.29, 1.82) is 0 Å². The van der Waals surface area contributed by atoms with Crippen LogP contribution in [-0.4, -0.2) is 12.6 Å². The minimum absolute atomic E-state index is 0.574. The maximum atomic E-state index is 11.4. The quantitative estimate of drug-likeness (QED) is 0.675. The Hall–Kier alpha value is -1.26. The topological polar surface area (TPSA) is 34.1 Å². The van der Waals surface area contributed by atoms with Crippen molar-refractivity contribution in [2.24, 2.45) is 0 Å². The second-order valence-electron chi connectivity index (χ2n) is 4.61. The van der Waals surface area contributed by atoms with Crippen LogP contribution in [0.2, 0.25) is 0 Å². The van der Waals surface area contributed by atoms with E-state index in [1.54, 1.807) is 12.1 Å². The van der Waals surface area contributed by atoms with Crippen molar-refractivity contribution in [3.8, 4) is 11.1 Å². The lowest BCUT2D eigenvalue weighted by Crippen LogP contribution is -1.98. The van der Waals surface area contributed by atoms with Gasteiger partial charge in [-0.15, -0.1) is 0 Å². The van der Waals surface area contributed by atoms with Gasteiger partial charge in [-0.05, 0) is 60.4 Å². The van der Waals surface area contributed by atoms with E-state index in [2.05, 4.69) is 31.9 Å². The number of halogens is 2. The van der Waals surface area contributed by atoms with E-state index in [1.165, 1.54) is 0 Å². The van der Waals surface area contributed by atoms with E-state index >= 15 is 0 Å². The maximum absolute atomic E-state index is 11.4. The summed E-state index contributed by atoms with van der Waals surface area (Å²) in [6.07, 6.45) is 1.65. The molecule has 2 nitrogen and oxygen atoms in total. The molecule has 0 amide bonds. The molecule has 0 atom stereocenters. The molecular weight excluding hydrogens is 384 g/mol. The van der Waals surface area contributed by atoms with Crippen LogP contribution in [0.1, 0.15) is 31.8 Å². The average molecular weight is 396 g/mol. The third-order valence-corrected chi connectivity index (χ3v) is 4.08. The van der Waals surface area contributed by atoms with Crippen LogP contribution in [0, 0.1) is 13.8 Å². The molecular formula is C16H12Br2O2. The number of hydrogen-bond donors (Lipinski definition) is 0. The van der Waals surface area contributed by atoms with Crippen molar-refractivity contribution >= 4 is 44.4 Å². The molecule has 0 aliphatic carbocycles. The van der Waals surface area contributed by atoms with E-state index in [0.29, 0.717) is 11.1 Å². The number of carbonyl (C=O) groups is 2. The van der Waals surface area contributed by atoms with Gasteiger partial charge in [0, 0.05) is 20.1 Å². The highest BCUT2D eigenvalue weighted by Gasteiger charge is 2.16. The largest absolute Gasteiger partial charge is 0.298 e. The molecule has 2 aromatic carbocycles. The van der Waals surface area contributed by atoms with Gasteiger partial charge in [0.2, 0.25) is 0 Å². The predicted molar refractivity (Wildman–Crippen MR) is 87.5 cm³/mol. The SMILES string of the molecule is Cc1cc(Br)cc(C=O)c1-c1c(C)cc(Br)cc1C=O. The molecule has 20 heavy (non-hydrogen) atoms. The highest BCUT2D eigenvalue weighted by molar-refractivity contribution is 9.10. The molecule has 0 saturated heterocycles. The lowest BCUT2D eigenvalue weighted by Gasteiger charge is -2.15. The Kier molecular flexibility index (Phi) is 4.55. The van der Waals surface area contributed by atoms with Gasteiger partial charge in [-0.25, -0.2) is 0 Å². The first kappa shape index (κ1) is 15.1. The van der Waals surface area contributed by atoms with Crippen molar-refractivity contribution in [1.82, 2.24) is 0 Å². The lowest BCUT2D eigenvalue weighted by molar-refractivity contribution is 0.111. The summed E-state index contributed by atoms with van der Waals surface area (Å²) < 4.78 is 1.70. The van der Waals surface area contributed by atoms with E-state index in [1.807, 2.05) is 26.0 Å². The smallest absolute Gasteiger partial charge is 0.150 e. The Bertz CT molecular complexity index is 645. The Labute approximate surface area is 134 Å². The number of carbonyl (C=O) groups excluding carboxylic acids is 2. The van der Waals surface area contributed by atoms with Crippen LogP contribution in [0.4, 0.5) is 0 Å². The molecule has 2 rings (SSSR count). The standard InChI is InChI=1S/C16H12Br2O2/c1-9-3-13(17)5-11(7-19)15(9)16-10(2)4-14(18)6-12(16)8-20/h3-8H,1-2H3. The van der Waals surface area contributed by atoms with Gasteiger partial charge >= 0.3 is 0 Å². The highest BCUT2D eigenvalue weighted by Crippen LogP contribution is 2.35. The van der Waals surface area contributed by atoms with Crippen LogP contribution in [-0.2, 0) is 0 Å². The molecule has 0 spiro atoms. The molecule has 0 radical (unpaired) electrons.